The van der Waals surface area contributed by atoms with Crippen molar-refractivity contribution in [3.63, 3.8) is 0 Å². The quantitative estimate of drug-likeness (QED) is 0.439. The van der Waals surface area contributed by atoms with Gasteiger partial charge < -0.3 is 5.73 Å². The Balaban J connectivity index is 2.14. The van der Waals surface area contributed by atoms with Crippen LogP contribution in [-0.2, 0) is 0 Å². The minimum atomic E-state index is -0.442. The van der Waals surface area contributed by atoms with Crippen LogP contribution in [0.15, 0.2) is 23.4 Å². The predicted octanol–water partition coefficient (Wildman–Crippen LogP) is 1.71. The zero-order chi connectivity index (χ0) is 15.9. The number of hydrogen-bond donors (Lipinski definition) is 1. The number of nitro groups is 1. The van der Waals surface area contributed by atoms with Crippen LogP contribution in [0.5, 0.6) is 0 Å². The topological polar surface area (TPSA) is 125 Å². The number of fused-ring (bicyclic) bond motifs is 1. The van der Waals surface area contributed by atoms with Crippen molar-refractivity contribution in [2.24, 2.45) is 0 Å². The normalized spacial score (nSPS) is 11.0. The van der Waals surface area contributed by atoms with E-state index in [1.54, 1.807) is 13.0 Å². The minimum Gasteiger partial charge on any atom is -0.368 e. The van der Waals surface area contributed by atoms with Gasteiger partial charge in [-0.25, -0.2) is 0 Å². The summed E-state index contributed by atoms with van der Waals surface area (Å²) >= 11 is 1.35. The fourth-order valence-electron chi connectivity index (χ4n) is 2.00. The summed E-state index contributed by atoms with van der Waals surface area (Å²) in [5.41, 5.74) is 7.23. The summed E-state index contributed by atoms with van der Waals surface area (Å²) in [6.45, 7) is 1.76. The van der Waals surface area contributed by atoms with Crippen molar-refractivity contribution < 1.29 is 4.92 Å². The van der Waals surface area contributed by atoms with Crippen LogP contribution in [-0.4, -0.2) is 35.7 Å². The number of nitrogen functional groups attached to an aromatic ring is 1. The molecule has 0 unspecified atom stereocenters. The molecule has 0 fully saturated rings. The second-order valence-corrected chi connectivity index (χ2v) is 5.25. The van der Waals surface area contributed by atoms with Gasteiger partial charge in [-0.3, -0.25) is 10.1 Å². The molecule has 0 aliphatic heterocycles. The summed E-state index contributed by atoms with van der Waals surface area (Å²) in [4.78, 5) is 23.0. The van der Waals surface area contributed by atoms with Crippen molar-refractivity contribution in [3.8, 4) is 11.4 Å². The lowest BCUT2D eigenvalue weighted by molar-refractivity contribution is -0.384. The molecule has 0 spiro atoms. The molecule has 0 amide bonds. The Bertz CT molecular complexity index is 893. The molecule has 2 heterocycles. The van der Waals surface area contributed by atoms with E-state index in [1.807, 2.05) is 6.26 Å². The highest BCUT2D eigenvalue weighted by Crippen LogP contribution is 2.25. The van der Waals surface area contributed by atoms with Gasteiger partial charge in [0.15, 0.2) is 11.0 Å². The summed E-state index contributed by atoms with van der Waals surface area (Å²) in [6.07, 6.45) is 1.84. The van der Waals surface area contributed by atoms with Crippen LogP contribution in [0.1, 0.15) is 5.56 Å². The number of nitro benzene ring substituents is 1. The molecule has 0 aliphatic carbocycles. The number of rotatable bonds is 3. The second kappa shape index (κ2) is 5.22. The third-order valence-corrected chi connectivity index (χ3v) is 3.60. The molecule has 9 nitrogen and oxygen atoms in total. The van der Waals surface area contributed by atoms with Gasteiger partial charge in [-0.1, -0.05) is 11.8 Å². The van der Waals surface area contributed by atoms with Crippen molar-refractivity contribution in [2.75, 3.05) is 12.0 Å². The monoisotopic (exact) mass is 317 g/mol. The lowest BCUT2D eigenvalue weighted by Crippen LogP contribution is -2.04. The third-order valence-electron chi connectivity index (χ3n) is 3.06. The number of benzene rings is 1. The van der Waals surface area contributed by atoms with Crippen molar-refractivity contribution >= 4 is 29.2 Å². The molecule has 2 aromatic heterocycles. The Morgan fingerprint density at radius 3 is 2.73 bits per heavy atom. The molecule has 0 saturated heterocycles. The summed E-state index contributed by atoms with van der Waals surface area (Å²) in [7, 11) is 0. The largest absolute Gasteiger partial charge is 0.368 e. The Morgan fingerprint density at radius 2 is 2.09 bits per heavy atom. The van der Waals surface area contributed by atoms with E-state index in [0.29, 0.717) is 27.9 Å². The zero-order valence-corrected chi connectivity index (χ0v) is 12.5. The van der Waals surface area contributed by atoms with E-state index in [9.17, 15) is 10.1 Å². The van der Waals surface area contributed by atoms with E-state index in [-0.39, 0.29) is 11.6 Å². The Morgan fingerprint density at radius 1 is 1.32 bits per heavy atom. The van der Waals surface area contributed by atoms with E-state index in [4.69, 9.17) is 5.73 Å². The lowest BCUT2D eigenvalue weighted by Gasteiger charge is -2.00. The average molecular weight is 317 g/mol. The van der Waals surface area contributed by atoms with E-state index in [1.165, 1.54) is 28.4 Å². The first kappa shape index (κ1) is 14.2. The number of thioether (sulfide) groups is 1. The van der Waals surface area contributed by atoms with Gasteiger partial charge >= 0.3 is 0 Å². The molecule has 0 saturated carbocycles. The van der Waals surface area contributed by atoms with E-state index >= 15 is 0 Å². The fraction of sp³-hybridized carbons (Fsp3) is 0.167. The van der Waals surface area contributed by atoms with Gasteiger partial charge in [0.2, 0.25) is 5.95 Å². The first-order chi connectivity index (χ1) is 10.5. The van der Waals surface area contributed by atoms with Gasteiger partial charge in [0.05, 0.1) is 4.92 Å². The van der Waals surface area contributed by atoms with Gasteiger partial charge in [0.25, 0.3) is 11.5 Å². The first-order valence-electron chi connectivity index (χ1n) is 6.19. The number of aromatic nitrogens is 5. The highest BCUT2D eigenvalue weighted by atomic mass is 32.2. The maximum Gasteiger partial charge on any atom is 0.269 e. The number of aryl methyl sites for hydroxylation is 1. The maximum atomic E-state index is 10.8. The molecule has 10 heteroatoms. The minimum absolute atomic E-state index is 0.0222. The molecule has 0 bridgehead atoms. The SMILES string of the molecule is CSc1nc(N)n2nc(-c3ccc([N+](=O)[O-])cc3C)nc2n1. The molecule has 3 rings (SSSR count). The summed E-state index contributed by atoms with van der Waals surface area (Å²) in [5.74, 6) is 0.920. The Labute approximate surface area is 128 Å². The molecule has 22 heavy (non-hydrogen) atoms. The maximum absolute atomic E-state index is 10.8. The molecule has 0 aliphatic rings. The van der Waals surface area contributed by atoms with E-state index in [0.717, 1.165) is 0 Å². The third kappa shape index (κ3) is 2.33. The van der Waals surface area contributed by atoms with Gasteiger partial charge in [-0.15, -0.1) is 5.10 Å². The molecule has 2 N–H and O–H groups in total. The molecule has 1 aromatic carbocycles. The lowest BCUT2D eigenvalue weighted by atomic mass is 10.1. The van der Waals surface area contributed by atoms with Crippen LogP contribution in [0.4, 0.5) is 11.6 Å². The second-order valence-electron chi connectivity index (χ2n) is 4.47. The number of anilines is 1. The number of non-ortho nitro benzene ring substituents is 1. The molecular formula is C12H11N7O2S. The Hall–Kier alpha value is -2.75. The van der Waals surface area contributed by atoms with E-state index in [2.05, 4.69) is 20.1 Å². The fourth-order valence-corrected chi connectivity index (χ4v) is 2.36. The van der Waals surface area contributed by atoms with Crippen LogP contribution in [0.3, 0.4) is 0 Å². The van der Waals surface area contributed by atoms with Crippen LogP contribution in [0, 0.1) is 17.0 Å². The predicted molar refractivity (Wildman–Crippen MR) is 81.6 cm³/mol. The van der Waals surface area contributed by atoms with E-state index < -0.39 is 4.92 Å². The highest BCUT2D eigenvalue weighted by molar-refractivity contribution is 7.98. The molecule has 3 aromatic rings. The van der Waals surface area contributed by atoms with Crippen molar-refractivity contribution in [1.82, 2.24) is 24.6 Å². The van der Waals surface area contributed by atoms with Gasteiger partial charge in [-0.2, -0.15) is 19.5 Å². The molecule has 112 valence electrons. The average Bonchev–Trinajstić information content (AvgIpc) is 2.91. The van der Waals surface area contributed by atoms with Crippen molar-refractivity contribution in [2.45, 2.75) is 12.1 Å². The van der Waals surface area contributed by atoms with Gasteiger partial charge in [-0.05, 0) is 24.8 Å². The molecule has 0 radical (unpaired) electrons. The summed E-state index contributed by atoms with van der Waals surface area (Å²) < 4.78 is 1.34. The molecule has 0 atom stereocenters. The van der Waals surface area contributed by atoms with Crippen LogP contribution in [0.25, 0.3) is 17.2 Å². The summed E-state index contributed by atoms with van der Waals surface area (Å²) in [6, 6.07) is 4.50. The van der Waals surface area contributed by atoms with Crippen molar-refractivity contribution in [3.05, 3.63) is 33.9 Å². The Kier molecular flexibility index (Phi) is 3.37. The van der Waals surface area contributed by atoms with Crippen LogP contribution < -0.4 is 5.73 Å². The van der Waals surface area contributed by atoms with Gasteiger partial charge in [0, 0.05) is 17.7 Å². The standard InChI is InChI=1S/C12H11N7O2S/c1-6-5-7(19(20)21)3-4-8(6)9-14-11-16-12(22-2)15-10(13)18(11)17-9/h3-5H,1-2H3,(H2,13,14,15,16,17). The number of nitrogens with two attached hydrogens (primary N) is 1. The zero-order valence-electron chi connectivity index (χ0n) is 11.7. The highest BCUT2D eigenvalue weighted by Gasteiger charge is 2.15. The number of nitrogens with zero attached hydrogens (tertiary/aromatic N) is 6. The van der Waals surface area contributed by atoms with Crippen molar-refractivity contribution in [1.29, 1.82) is 0 Å². The summed E-state index contributed by atoms with van der Waals surface area (Å²) in [5, 5.41) is 15.6. The molecular weight excluding hydrogens is 306 g/mol. The van der Waals surface area contributed by atoms with Crippen LogP contribution in [0.2, 0.25) is 0 Å². The smallest absolute Gasteiger partial charge is 0.269 e. The first-order valence-corrected chi connectivity index (χ1v) is 7.42. The number of hydrogen-bond acceptors (Lipinski definition) is 8. The van der Waals surface area contributed by atoms with Crippen LogP contribution >= 0.6 is 11.8 Å². The van der Waals surface area contributed by atoms with Gasteiger partial charge in [0.1, 0.15) is 0 Å².